The Hall–Kier alpha value is -7.99. The van der Waals surface area contributed by atoms with Gasteiger partial charge in [0.25, 0.3) is 0 Å². The predicted molar refractivity (Wildman–Crippen MR) is 234 cm³/mol. The van der Waals surface area contributed by atoms with Crippen LogP contribution in [0.5, 0.6) is 0 Å². The van der Waals surface area contributed by atoms with Crippen LogP contribution in [0.3, 0.4) is 0 Å². The molecule has 0 saturated carbocycles. The van der Waals surface area contributed by atoms with E-state index < -0.39 is 0 Å². The van der Waals surface area contributed by atoms with E-state index in [4.69, 9.17) is 4.42 Å². The van der Waals surface area contributed by atoms with Gasteiger partial charge in [-0.15, -0.1) is 0 Å². The first-order valence-electron chi connectivity index (χ1n) is 20.6. The van der Waals surface area contributed by atoms with Crippen molar-refractivity contribution in [2.75, 3.05) is 0 Å². The van der Waals surface area contributed by atoms with E-state index in [2.05, 4.69) is 132 Å². The van der Waals surface area contributed by atoms with Gasteiger partial charge in [0.05, 0.1) is 45.2 Å². The van der Waals surface area contributed by atoms with Crippen molar-refractivity contribution in [2.24, 2.45) is 0 Å². The zero-order valence-electron chi connectivity index (χ0n) is 31.7. The van der Waals surface area contributed by atoms with E-state index in [0.717, 1.165) is 71.1 Å². The fourth-order valence-electron chi connectivity index (χ4n) is 12.8. The van der Waals surface area contributed by atoms with Gasteiger partial charge in [-0.2, -0.15) is 10.5 Å². The number of aromatic nitrogens is 1. The molecule has 274 valence electrons. The van der Waals surface area contributed by atoms with Crippen molar-refractivity contribution < 1.29 is 4.42 Å². The summed E-state index contributed by atoms with van der Waals surface area (Å²) in [6.07, 6.45) is 0. The van der Waals surface area contributed by atoms with Gasteiger partial charge in [0.1, 0.15) is 5.58 Å². The normalized spacial score (nSPS) is 18.7. The molecule has 3 aromatic heterocycles. The Morgan fingerprint density at radius 1 is 0.433 bits per heavy atom. The zero-order chi connectivity index (χ0) is 39.3. The fourth-order valence-corrected chi connectivity index (χ4v) is 12.8. The second kappa shape index (κ2) is 10.4. The summed E-state index contributed by atoms with van der Waals surface area (Å²) in [5.41, 5.74) is 18.8. The maximum absolute atomic E-state index is 13.9. The van der Waals surface area contributed by atoms with Crippen molar-refractivity contribution in [3.63, 3.8) is 0 Å². The Morgan fingerprint density at radius 3 is 1.30 bits per heavy atom. The maximum atomic E-state index is 13.9. The molecule has 17 rings (SSSR count). The van der Waals surface area contributed by atoms with E-state index in [-0.39, 0.29) is 29.3 Å². The molecule has 0 unspecified atom stereocenters. The van der Waals surface area contributed by atoms with Gasteiger partial charge in [0, 0.05) is 56.0 Å². The first-order valence-corrected chi connectivity index (χ1v) is 20.6. The summed E-state index contributed by atoms with van der Waals surface area (Å²) in [5.74, 6) is -0.425. The molecule has 0 fully saturated rings. The molecule has 0 atom stereocenters. The molecule has 0 aliphatic heterocycles. The third-order valence-corrected chi connectivity index (χ3v) is 14.7. The summed E-state index contributed by atoms with van der Waals surface area (Å²) < 4.78 is 8.78. The molecule has 11 aromatic rings. The van der Waals surface area contributed by atoms with Crippen LogP contribution in [0, 0.1) is 22.7 Å². The molecule has 0 saturated heterocycles. The predicted octanol–water partition coefficient (Wildman–Crippen LogP) is 11.8. The highest BCUT2D eigenvalue weighted by molar-refractivity contribution is 6.35. The molecule has 0 amide bonds. The summed E-state index contributed by atoms with van der Waals surface area (Å²) in [7, 11) is 0. The Morgan fingerprint density at radius 2 is 0.833 bits per heavy atom. The lowest BCUT2D eigenvalue weighted by Gasteiger charge is -2.43. The van der Waals surface area contributed by atoms with Crippen molar-refractivity contribution in [2.45, 2.75) is 23.7 Å². The fraction of sp³-hybridized carbons (Fsp3) is 0.0727. The van der Waals surface area contributed by atoms with Gasteiger partial charge in [0.2, 0.25) is 0 Å². The summed E-state index contributed by atoms with van der Waals surface area (Å²) in [5, 5.41) is 28.8. The Labute approximate surface area is 341 Å². The van der Waals surface area contributed by atoms with Crippen LogP contribution in [0.1, 0.15) is 102 Å². The first kappa shape index (κ1) is 31.1. The number of benzene rings is 8. The molecule has 3 heterocycles. The van der Waals surface area contributed by atoms with Gasteiger partial charge in [0.15, 0.2) is 0 Å². The van der Waals surface area contributed by atoms with Gasteiger partial charge in [-0.3, -0.25) is 0 Å². The highest BCUT2D eigenvalue weighted by atomic mass is 16.4. The Balaban J connectivity index is 1.22. The molecular weight excluding hydrogens is 735 g/mol. The second-order valence-electron chi connectivity index (χ2n) is 17.1. The highest BCUT2D eigenvalue weighted by Gasteiger charge is 2.47. The molecular formula is C55H27N3O2. The summed E-state index contributed by atoms with van der Waals surface area (Å²) in [4.78, 5) is 13.9. The van der Waals surface area contributed by atoms with Crippen LogP contribution in [-0.4, -0.2) is 4.40 Å². The van der Waals surface area contributed by atoms with E-state index in [1.807, 2.05) is 24.3 Å². The van der Waals surface area contributed by atoms with Gasteiger partial charge < -0.3 is 8.82 Å². The van der Waals surface area contributed by atoms with Gasteiger partial charge in [-0.25, -0.2) is 4.79 Å². The SMILES string of the molecule is N#Cc1cc2c(c3c1C1c4ccccc4C3c3ccccc31)c1cc3oc(=O)c4ccccc4c3c3c4c5c(c(C#N)cc4n2c13)C1c2ccccc2C5c2ccccc21. The summed E-state index contributed by atoms with van der Waals surface area (Å²) in [6, 6.07) is 54.3. The lowest BCUT2D eigenvalue weighted by molar-refractivity contribution is 0.570. The smallest absolute Gasteiger partial charge is 0.344 e. The maximum Gasteiger partial charge on any atom is 0.344 e. The minimum Gasteiger partial charge on any atom is -0.422 e. The number of nitriles is 2. The van der Waals surface area contributed by atoms with Crippen LogP contribution in [-0.2, 0) is 0 Å². The van der Waals surface area contributed by atoms with Crippen LogP contribution >= 0.6 is 0 Å². The quantitative estimate of drug-likeness (QED) is 0.114. The van der Waals surface area contributed by atoms with E-state index in [1.165, 1.54) is 44.5 Å². The van der Waals surface area contributed by atoms with E-state index >= 15 is 0 Å². The van der Waals surface area contributed by atoms with Crippen molar-refractivity contribution in [1.29, 1.82) is 10.5 Å². The average molecular weight is 762 g/mol. The molecule has 6 aliphatic rings. The average Bonchev–Trinajstić information content (AvgIpc) is 3.82. The van der Waals surface area contributed by atoms with E-state index in [1.54, 1.807) is 0 Å². The second-order valence-corrected chi connectivity index (χ2v) is 17.1. The van der Waals surface area contributed by atoms with Crippen molar-refractivity contribution in [1.82, 2.24) is 4.40 Å². The number of fused-ring (bicyclic) bond motifs is 10. The molecule has 0 radical (unpaired) electrons. The lowest BCUT2D eigenvalue weighted by Crippen LogP contribution is -2.28. The van der Waals surface area contributed by atoms with Crippen LogP contribution in [0.15, 0.2) is 149 Å². The van der Waals surface area contributed by atoms with Gasteiger partial charge >= 0.3 is 5.63 Å². The van der Waals surface area contributed by atoms with E-state index in [9.17, 15) is 15.3 Å². The third-order valence-electron chi connectivity index (χ3n) is 14.7. The number of hydrogen-bond donors (Lipinski definition) is 0. The number of hydrogen-bond acceptors (Lipinski definition) is 4. The van der Waals surface area contributed by atoms with Crippen molar-refractivity contribution >= 4 is 59.8 Å². The largest absolute Gasteiger partial charge is 0.422 e. The van der Waals surface area contributed by atoms with Crippen LogP contribution in [0.25, 0.3) is 59.8 Å². The molecule has 60 heavy (non-hydrogen) atoms. The number of rotatable bonds is 0. The Bertz CT molecular complexity index is 3950. The number of nitrogens with zero attached hydrogens (tertiary/aromatic N) is 3. The van der Waals surface area contributed by atoms with Crippen LogP contribution in [0.4, 0.5) is 0 Å². The van der Waals surface area contributed by atoms with E-state index in [0.29, 0.717) is 22.1 Å². The monoisotopic (exact) mass is 761 g/mol. The summed E-state index contributed by atoms with van der Waals surface area (Å²) >= 11 is 0. The molecule has 5 heteroatoms. The Kier molecular flexibility index (Phi) is 5.36. The minimum absolute atomic E-state index is 0.0974. The molecule has 8 aromatic carbocycles. The first-order chi connectivity index (χ1) is 29.7. The minimum atomic E-state index is -0.369. The lowest BCUT2D eigenvalue weighted by atomic mass is 9.59. The van der Waals surface area contributed by atoms with Crippen molar-refractivity contribution in [3.05, 3.63) is 228 Å². The third kappa shape index (κ3) is 3.29. The topological polar surface area (TPSA) is 82.2 Å². The van der Waals surface area contributed by atoms with Gasteiger partial charge in [-0.05, 0) is 91.0 Å². The van der Waals surface area contributed by atoms with Crippen molar-refractivity contribution in [3.8, 4) is 12.1 Å². The molecule has 0 spiro atoms. The van der Waals surface area contributed by atoms with Crippen LogP contribution < -0.4 is 5.63 Å². The highest BCUT2D eigenvalue weighted by Crippen LogP contribution is 2.62. The van der Waals surface area contributed by atoms with Crippen LogP contribution in [0.2, 0.25) is 0 Å². The summed E-state index contributed by atoms with van der Waals surface area (Å²) in [6.45, 7) is 0. The molecule has 4 bridgehead atoms. The standard InChI is InChI=1S/C55H27N3O2/c56-24-26-21-39-48(51-42(26)44-28-11-1-5-15-32(28)46(51)33-16-6-2-12-29(33)44)38-23-41-49(36-19-9-10-20-37(36)55(59)60-41)53-50-40(58(39)54(38)53)22-27(25-57)43-45-30-13-3-7-17-34(30)47(52(43)50)35-18-8-4-14-31(35)45/h1-23,44-47H. The molecule has 6 aliphatic carbocycles. The van der Waals surface area contributed by atoms with Gasteiger partial charge in [-0.1, -0.05) is 115 Å². The molecule has 0 N–H and O–H groups in total. The molecule has 5 nitrogen and oxygen atoms in total. The zero-order valence-corrected chi connectivity index (χ0v) is 31.7.